The number of amides is 2. The minimum atomic E-state index is -0.909. The van der Waals surface area contributed by atoms with E-state index in [0.29, 0.717) is 37.7 Å². The molecule has 1 saturated heterocycles. The van der Waals surface area contributed by atoms with Crippen molar-refractivity contribution >= 4 is 51.7 Å². The minimum Gasteiger partial charge on any atom is -0.436 e. The lowest BCUT2D eigenvalue weighted by atomic mass is 10.1. The molecule has 1 fully saturated rings. The van der Waals surface area contributed by atoms with Gasteiger partial charge in [0.15, 0.2) is 11.2 Å². The van der Waals surface area contributed by atoms with Crippen molar-refractivity contribution in [3.8, 4) is 0 Å². The molecule has 10 nitrogen and oxygen atoms in total. The van der Waals surface area contributed by atoms with Crippen LogP contribution in [-0.4, -0.2) is 95.9 Å². The Morgan fingerprint density at radius 1 is 1.00 bits per heavy atom. The first-order chi connectivity index (χ1) is 21.5. The van der Waals surface area contributed by atoms with E-state index in [-0.39, 0.29) is 5.91 Å². The van der Waals surface area contributed by atoms with Crippen molar-refractivity contribution in [2.45, 2.75) is 52.7 Å². The molecular weight excluding hydrogens is 586 g/mol. The van der Waals surface area contributed by atoms with Gasteiger partial charge in [-0.05, 0) is 82.0 Å². The van der Waals surface area contributed by atoms with Crippen LogP contribution in [0.2, 0.25) is 0 Å². The van der Waals surface area contributed by atoms with Crippen molar-refractivity contribution in [1.82, 2.24) is 25.4 Å². The number of likely N-dealkylation sites (N-methyl/N-ethyl adjacent to an activating group) is 1. The molecule has 2 amide bonds. The molecule has 1 aromatic heterocycles. The van der Waals surface area contributed by atoms with E-state index in [1.165, 1.54) is 0 Å². The number of carbonyl (C=O) groups excluding carboxylic acids is 2. The predicted octanol–water partition coefficient (Wildman–Crippen LogP) is 4.65. The number of aromatic nitrogens is 1. The number of nitrogens with one attached hydrogen (secondary N) is 3. The van der Waals surface area contributed by atoms with Crippen LogP contribution in [0.3, 0.4) is 0 Å². The average molecular weight is 634 g/mol. The molecule has 242 valence electrons. The van der Waals surface area contributed by atoms with E-state index in [1.54, 1.807) is 4.90 Å². The summed E-state index contributed by atoms with van der Waals surface area (Å²) in [4.78, 5) is 37.4. The van der Waals surface area contributed by atoms with Gasteiger partial charge in [0.2, 0.25) is 0 Å². The van der Waals surface area contributed by atoms with Crippen LogP contribution in [0, 0.1) is 0 Å². The number of hydrogen-bond acceptors (Lipinski definition) is 7. The highest BCUT2D eigenvalue weighted by Crippen LogP contribution is 2.23. The summed E-state index contributed by atoms with van der Waals surface area (Å²) in [5.74, 6) is 0.681. The number of hydrogen-bond donors (Lipinski definition) is 3. The maximum absolute atomic E-state index is 13.6. The van der Waals surface area contributed by atoms with Crippen molar-refractivity contribution in [2.24, 2.45) is 0 Å². The Morgan fingerprint density at radius 3 is 2.38 bits per heavy atom. The van der Waals surface area contributed by atoms with Gasteiger partial charge in [-0.1, -0.05) is 44.2 Å². The van der Waals surface area contributed by atoms with E-state index in [4.69, 9.17) is 21.9 Å². The standard InChI is InChI=1S/C34H47N7O3S/c1-6-39(7-2)18-17-35-32(45)36-27-14-15-28-26(24-27)13-16-30(37-28)40-19-21-41(22-20-40)31(42)29(23-25-11-9-8-10-12-25)44-33(43)38-34(3,4)5/h8-16,24,29H,6-7,17-23H2,1-5H3,(H,38,43)(H2,35,36,45)/t29-/m0/s1. The van der Waals surface area contributed by atoms with Crippen LogP contribution in [0.15, 0.2) is 60.7 Å². The number of rotatable bonds is 11. The third kappa shape index (κ3) is 10.3. The second-order valence-electron chi connectivity index (χ2n) is 12.3. The maximum Gasteiger partial charge on any atom is 0.408 e. The van der Waals surface area contributed by atoms with E-state index in [1.807, 2.05) is 75.4 Å². The number of ether oxygens (including phenoxy) is 1. The molecule has 0 aliphatic carbocycles. The van der Waals surface area contributed by atoms with Crippen LogP contribution in [0.5, 0.6) is 0 Å². The summed E-state index contributed by atoms with van der Waals surface area (Å²) >= 11 is 5.49. The van der Waals surface area contributed by atoms with Crippen LogP contribution < -0.4 is 20.9 Å². The largest absolute Gasteiger partial charge is 0.436 e. The lowest BCUT2D eigenvalue weighted by Crippen LogP contribution is -2.53. The quantitative estimate of drug-likeness (QED) is 0.261. The van der Waals surface area contributed by atoms with Crippen LogP contribution in [0.1, 0.15) is 40.2 Å². The van der Waals surface area contributed by atoms with Gasteiger partial charge >= 0.3 is 6.09 Å². The first kappa shape index (κ1) is 33.9. The SMILES string of the molecule is CCN(CC)CCNC(=S)Nc1ccc2nc(N3CCN(C(=O)[C@H](Cc4ccccc4)OC(=O)NC(C)(C)C)CC3)ccc2c1. The molecule has 45 heavy (non-hydrogen) atoms. The number of alkyl carbamates (subject to hydrolysis) is 1. The Balaban J connectivity index is 1.34. The minimum absolute atomic E-state index is 0.186. The molecule has 0 saturated carbocycles. The Morgan fingerprint density at radius 2 is 1.71 bits per heavy atom. The van der Waals surface area contributed by atoms with Gasteiger partial charge in [-0.3, -0.25) is 4.79 Å². The van der Waals surface area contributed by atoms with Gasteiger partial charge in [0.25, 0.3) is 5.91 Å². The van der Waals surface area contributed by atoms with Gasteiger partial charge in [0.05, 0.1) is 5.52 Å². The number of benzene rings is 2. The van der Waals surface area contributed by atoms with E-state index in [0.717, 1.165) is 54.2 Å². The Bertz CT molecular complexity index is 1430. The second-order valence-corrected chi connectivity index (χ2v) is 12.7. The molecule has 2 aromatic carbocycles. The number of fused-ring (bicyclic) bond motifs is 1. The molecule has 4 rings (SSSR count). The number of carbonyl (C=O) groups is 2. The van der Waals surface area contributed by atoms with Crippen molar-refractivity contribution in [3.05, 3.63) is 66.2 Å². The Kier molecular flexibility index (Phi) is 12.0. The van der Waals surface area contributed by atoms with Crippen molar-refractivity contribution in [2.75, 3.05) is 62.6 Å². The first-order valence-electron chi connectivity index (χ1n) is 15.8. The summed E-state index contributed by atoms with van der Waals surface area (Å²) in [7, 11) is 0. The molecule has 1 aliphatic rings. The van der Waals surface area contributed by atoms with Crippen LogP contribution in [0.4, 0.5) is 16.3 Å². The summed E-state index contributed by atoms with van der Waals surface area (Å²) in [5, 5.41) is 11.0. The Hall–Kier alpha value is -3.96. The van der Waals surface area contributed by atoms with Crippen molar-refractivity contribution < 1.29 is 14.3 Å². The number of anilines is 2. The lowest BCUT2D eigenvalue weighted by molar-refractivity contribution is -0.140. The van der Waals surface area contributed by atoms with E-state index >= 15 is 0 Å². The second kappa shape index (κ2) is 15.9. The highest BCUT2D eigenvalue weighted by atomic mass is 32.1. The molecule has 3 aromatic rings. The monoisotopic (exact) mass is 633 g/mol. The highest BCUT2D eigenvalue weighted by Gasteiger charge is 2.31. The van der Waals surface area contributed by atoms with E-state index in [9.17, 15) is 9.59 Å². The average Bonchev–Trinajstić information content (AvgIpc) is 3.02. The summed E-state index contributed by atoms with van der Waals surface area (Å²) in [5.41, 5.74) is 2.26. The number of pyridine rings is 1. The van der Waals surface area contributed by atoms with Gasteiger partial charge < -0.3 is 35.4 Å². The molecule has 0 unspecified atom stereocenters. The van der Waals surface area contributed by atoms with Gasteiger partial charge in [0, 0.05) is 62.3 Å². The molecular formula is C34H47N7O3S. The molecule has 0 bridgehead atoms. The maximum atomic E-state index is 13.6. The number of thiocarbonyl (C=S) groups is 1. The molecule has 3 N–H and O–H groups in total. The summed E-state index contributed by atoms with van der Waals surface area (Å²) in [6, 6.07) is 19.7. The third-order valence-electron chi connectivity index (χ3n) is 7.72. The van der Waals surface area contributed by atoms with Gasteiger partial charge in [0.1, 0.15) is 5.82 Å². The summed E-state index contributed by atoms with van der Waals surface area (Å²) in [6.45, 7) is 16.0. The number of piperazine rings is 1. The predicted molar refractivity (Wildman–Crippen MR) is 186 cm³/mol. The third-order valence-corrected chi connectivity index (χ3v) is 7.97. The van der Waals surface area contributed by atoms with E-state index in [2.05, 4.69) is 45.7 Å². The van der Waals surface area contributed by atoms with Gasteiger partial charge in [-0.2, -0.15) is 0 Å². The topological polar surface area (TPSA) is 102 Å². The molecule has 1 atom stereocenters. The van der Waals surface area contributed by atoms with Crippen molar-refractivity contribution in [3.63, 3.8) is 0 Å². The summed E-state index contributed by atoms with van der Waals surface area (Å²) in [6.07, 6.45) is -1.19. The van der Waals surface area contributed by atoms with Gasteiger partial charge in [-0.25, -0.2) is 9.78 Å². The van der Waals surface area contributed by atoms with Gasteiger partial charge in [-0.15, -0.1) is 0 Å². The van der Waals surface area contributed by atoms with E-state index < -0.39 is 17.7 Å². The zero-order chi connectivity index (χ0) is 32.4. The number of nitrogens with zero attached hydrogens (tertiary/aromatic N) is 4. The zero-order valence-corrected chi connectivity index (χ0v) is 28.0. The first-order valence-corrected chi connectivity index (χ1v) is 16.2. The highest BCUT2D eigenvalue weighted by molar-refractivity contribution is 7.80. The zero-order valence-electron chi connectivity index (χ0n) is 27.1. The molecule has 1 aliphatic heterocycles. The van der Waals surface area contributed by atoms with Crippen molar-refractivity contribution in [1.29, 1.82) is 0 Å². The fraction of sp³-hybridized carbons (Fsp3) is 0.471. The van der Waals surface area contributed by atoms with Crippen LogP contribution in [-0.2, 0) is 16.0 Å². The molecule has 11 heteroatoms. The smallest absolute Gasteiger partial charge is 0.408 e. The lowest BCUT2D eigenvalue weighted by Gasteiger charge is -2.37. The van der Waals surface area contributed by atoms with Crippen LogP contribution in [0.25, 0.3) is 10.9 Å². The fourth-order valence-electron chi connectivity index (χ4n) is 5.24. The normalized spacial score (nSPS) is 14.3. The Labute approximate surface area is 272 Å². The molecule has 0 spiro atoms. The summed E-state index contributed by atoms with van der Waals surface area (Å²) < 4.78 is 5.69. The van der Waals surface area contributed by atoms with Crippen LogP contribution >= 0.6 is 12.2 Å². The fourth-order valence-corrected chi connectivity index (χ4v) is 5.46. The molecule has 0 radical (unpaired) electrons. The molecule has 2 heterocycles.